The minimum absolute atomic E-state index is 0.381. The molecule has 29 heavy (non-hydrogen) atoms. The van der Waals surface area contributed by atoms with Crippen molar-refractivity contribution in [2.45, 2.75) is 9.79 Å². The molecule has 3 aromatic rings. The van der Waals surface area contributed by atoms with E-state index in [0.29, 0.717) is 33.1 Å². The number of pyridine rings is 1. The summed E-state index contributed by atoms with van der Waals surface area (Å²) < 4.78 is 40.5. The molecule has 0 aliphatic heterocycles. The van der Waals surface area contributed by atoms with Gasteiger partial charge in [-0.1, -0.05) is 11.6 Å². The van der Waals surface area contributed by atoms with Crippen molar-refractivity contribution in [3.05, 3.63) is 53.7 Å². The van der Waals surface area contributed by atoms with Crippen LogP contribution in [-0.2, 0) is 10.0 Å². The molecule has 3 rings (SSSR count). The second-order valence-corrected chi connectivity index (χ2v) is 8.73. The number of benzene rings is 1. The molecule has 2 aromatic heterocycles. The number of nitrogens with one attached hydrogen (secondary N) is 3. The summed E-state index contributed by atoms with van der Waals surface area (Å²) in [5.74, 6) is 0.528. The standard InChI is InChI=1S/C17H16ClFN6O2S2/c1-20-29(26,27)14-6-12(13(28-2)5-11(14)19)24-16-7-17(23-9-22-16)25-15-4-3-10(18)8-21-15/h3-9,20H,1-2H3,(H2,21,22,23,24,25). The summed E-state index contributed by atoms with van der Waals surface area (Å²) in [6.45, 7) is 0. The fourth-order valence-corrected chi connectivity index (χ4v) is 3.80. The predicted molar refractivity (Wildman–Crippen MR) is 112 cm³/mol. The van der Waals surface area contributed by atoms with E-state index in [1.165, 1.54) is 37.4 Å². The molecule has 0 bridgehead atoms. The average Bonchev–Trinajstić information content (AvgIpc) is 2.71. The topological polar surface area (TPSA) is 109 Å². The number of anilines is 4. The van der Waals surface area contributed by atoms with E-state index in [1.54, 1.807) is 24.5 Å². The van der Waals surface area contributed by atoms with E-state index < -0.39 is 20.7 Å². The third-order valence-electron chi connectivity index (χ3n) is 3.73. The monoisotopic (exact) mass is 454 g/mol. The third-order valence-corrected chi connectivity index (χ3v) is 6.16. The maximum absolute atomic E-state index is 14.3. The van der Waals surface area contributed by atoms with E-state index in [1.807, 2.05) is 0 Å². The highest BCUT2D eigenvalue weighted by Crippen LogP contribution is 2.32. The lowest BCUT2D eigenvalue weighted by atomic mass is 10.3. The lowest BCUT2D eigenvalue weighted by Crippen LogP contribution is -2.20. The summed E-state index contributed by atoms with van der Waals surface area (Å²) in [6.07, 6.45) is 4.58. The molecule has 8 nitrogen and oxygen atoms in total. The number of halogens is 2. The van der Waals surface area contributed by atoms with Gasteiger partial charge in [0.1, 0.15) is 34.5 Å². The van der Waals surface area contributed by atoms with Crippen molar-refractivity contribution in [3.63, 3.8) is 0 Å². The van der Waals surface area contributed by atoms with Crippen molar-refractivity contribution < 1.29 is 12.8 Å². The van der Waals surface area contributed by atoms with E-state index in [0.717, 1.165) is 6.07 Å². The van der Waals surface area contributed by atoms with Gasteiger partial charge >= 0.3 is 0 Å². The molecule has 3 N–H and O–H groups in total. The van der Waals surface area contributed by atoms with Crippen LogP contribution in [0, 0.1) is 5.82 Å². The third kappa shape index (κ3) is 5.12. The Kier molecular flexibility index (Phi) is 6.52. The first-order chi connectivity index (χ1) is 13.8. The maximum atomic E-state index is 14.3. The highest BCUT2D eigenvalue weighted by molar-refractivity contribution is 7.98. The molecule has 0 atom stereocenters. The molecule has 1 aromatic carbocycles. The lowest BCUT2D eigenvalue weighted by molar-refractivity contribution is 0.560. The van der Waals surface area contributed by atoms with Crippen molar-refractivity contribution >= 4 is 56.5 Å². The van der Waals surface area contributed by atoms with Crippen LogP contribution >= 0.6 is 23.4 Å². The number of hydrogen-bond donors (Lipinski definition) is 3. The normalized spacial score (nSPS) is 11.3. The van der Waals surface area contributed by atoms with Crippen molar-refractivity contribution in [1.82, 2.24) is 19.7 Å². The number of nitrogens with zero attached hydrogens (tertiary/aromatic N) is 3. The van der Waals surface area contributed by atoms with Gasteiger partial charge in [0.2, 0.25) is 10.0 Å². The molecule has 152 valence electrons. The molecule has 0 spiro atoms. The fraction of sp³-hybridized carbons (Fsp3) is 0.118. The van der Waals surface area contributed by atoms with Gasteiger partial charge in [-0.2, -0.15) is 0 Å². The second-order valence-electron chi connectivity index (χ2n) is 5.59. The number of sulfonamides is 1. The van der Waals surface area contributed by atoms with Crippen LogP contribution in [0.3, 0.4) is 0 Å². The van der Waals surface area contributed by atoms with Crippen LogP contribution < -0.4 is 15.4 Å². The minimum Gasteiger partial charge on any atom is -0.339 e. The zero-order valence-corrected chi connectivity index (χ0v) is 17.7. The van der Waals surface area contributed by atoms with Gasteiger partial charge in [0.05, 0.1) is 10.7 Å². The Balaban J connectivity index is 1.91. The Hall–Kier alpha value is -2.47. The minimum atomic E-state index is -3.96. The summed E-state index contributed by atoms with van der Waals surface area (Å²) in [5, 5.41) is 6.53. The molecule has 0 saturated heterocycles. The van der Waals surface area contributed by atoms with E-state index in [-0.39, 0.29) is 0 Å². The van der Waals surface area contributed by atoms with Crippen molar-refractivity contribution in [3.8, 4) is 0 Å². The molecule has 2 heterocycles. The van der Waals surface area contributed by atoms with Gasteiger partial charge in [0.25, 0.3) is 0 Å². The van der Waals surface area contributed by atoms with E-state index in [4.69, 9.17) is 11.6 Å². The zero-order valence-electron chi connectivity index (χ0n) is 15.3. The quantitative estimate of drug-likeness (QED) is 0.463. The van der Waals surface area contributed by atoms with Gasteiger partial charge in [-0.15, -0.1) is 11.8 Å². The smallest absolute Gasteiger partial charge is 0.243 e. The van der Waals surface area contributed by atoms with Gasteiger partial charge < -0.3 is 10.6 Å². The summed E-state index contributed by atoms with van der Waals surface area (Å²) in [5.41, 5.74) is 0.391. The zero-order chi connectivity index (χ0) is 21.0. The van der Waals surface area contributed by atoms with Crippen LogP contribution in [0.15, 0.2) is 52.6 Å². The molecule has 0 saturated carbocycles. The molecule has 0 aliphatic carbocycles. The van der Waals surface area contributed by atoms with Crippen LogP contribution in [-0.4, -0.2) is 36.7 Å². The summed E-state index contributed by atoms with van der Waals surface area (Å²) in [6, 6.07) is 7.37. The van der Waals surface area contributed by atoms with Crippen LogP contribution in [0.4, 0.5) is 27.5 Å². The molecular weight excluding hydrogens is 439 g/mol. The number of rotatable bonds is 7. The van der Waals surface area contributed by atoms with Crippen molar-refractivity contribution in [1.29, 1.82) is 0 Å². The first-order valence-electron chi connectivity index (χ1n) is 8.11. The van der Waals surface area contributed by atoms with E-state index in [9.17, 15) is 12.8 Å². The average molecular weight is 455 g/mol. The number of hydrogen-bond acceptors (Lipinski definition) is 8. The summed E-state index contributed by atoms with van der Waals surface area (Å²) >= 11 is 7.09. The highest BCUT2D eigenvalue weighted by atomic mass is 35.5. The Morgan fingerprint density at radius 2 is 1.76 bits per heavy atom. The Morgan fingerprint density at radius 1 is 1.03 bits per heavy atom. The Morgan fingerprint density at radius 3 is 2.38 bits per heavy atom. The number of aromatic nitrogens is 3. The predicted octanol–water partition coefficient (Wildman–Crippen LogP) is 3.78. The van der Waals surface area contributed by atoms with Gasteiger partial charge in [-0.25, -0.2) is 32.5 Å². The van der Waals surface area contributed by atoms with Crippen LogP contribution in [0.1, 0.15) is 0 Å². The number of thioether (sulfide) groups is 1. The molecule has 0 unspecified atom stereocenters. The van der Waals surface area contributed by atoms with Gasteiger partial charge in [-0.3, -0.25) is 0 Å². The van der Waals surface area contributed by atoms with E-state index >= 15 is 0 Å². The van der Waals surface area contributed by atoms with Crippen LogP contribution in [0.5, 0.6) is 0 Å². The maximum Gasteiger partial charge on any atom is 0.243 e. The first-order valence-corrected chi connectivity index (χ1v) is 11.2. The molecular formula is C17H16ClFN6O2S2. The molecule has 0 amide bonds. The SMILES string of the molecule is CNS(=O)(=O)c1cc(Nc2cc(Nc3ccc(Cl)cn3)ncn2)c(SC)cc1F. The van der Waals surface area contributed by atoms with Crippen molar-refractivity contribution in [2.75, 3.05) is 23.9 Å². The second kappa shape index (κ2) is 8.91. The Bertz CT molecular complexity index is 1130. The molecule has 0 radical (unpaired) electrons. The fourth-order valence-electron chi connectivity index (χ4n) is 2.33. The summed E-state index contributed by atoms with van der Waals surface area (Å²) in [7, 11) is -2.74. The van der Waals surface area contributed by atoms with E-state index in [2.05, 4.69) is 30.3 Å². The van der Waals surface area contributed by atoms with Gasteiger partial charge in [0.15, 0.2) is 0 Å². The Labute approximate surface area is 176 Å². The van der Waals surface area contributed by atoms with Crippen LogP contribution in [0.25, 0.3) is 0 Å². The molecule has 0 fully saturated rings. The van der Waals surface area contributed by atoms with Gasteiger partial charge in [0, 0.05) is 17.2 Å². The molecule has 12 heteroatoms. The summed E-state index contributed by atoms with van der Waals surface area (Å²) in [4.78, 5) is 12.4. The highest BCUT2D eigenvalue weighted by Gasteiger charge is 2.20. The molecule has 0 aliphatic rings. The van der Waals surface area contributed by atoms with Crippen LogP contribution in [0.2, 0.25) is 5.02 Å². The lowest BCUT2D eigenvalue weighted by Gasteiger charge is -2.14. The first kappa shape index (κ1) is 21.2. The largest absolute Gasteiger partial charge is 0.339 e. The van der Waals surface area contributed by atoms with Crippen molar-refractivity contribution in [2.24, 2.45) is 0 Å². The van der Waals surface area contributed by atoms with Gasteiger partial charge in [-0.05, 0) is 37.6 Å².